The summed E-state index contributed by atoms with van der Waals surface area (Å²) < 4.78 is 1.66. The van der Waals surface area contributed by atoms with Crippen LogP contribution in [0.3, 0.4) is 0 Å². The Labute approximate surface area is 91.1 Å². The van der Waals surface area contributed by atoms with Crippen LogP contribution in [0.4, 0.5) is 0 Å². The number of ketones is 1. The first-order valence-electron chi connectivity index (χ1n) is 5.00. The second-order valence-corrected chi connectivity index (χ2v) is 3.53. The molecule has 0 aliphatic heterocycles. The average molecular weight is 213 g/mol. The van der Waals surface area contributed by atoms with E-state index in [1.807, 2.05) is 7.05 Å². The average Bonchev–Trinajstić information content (AvgIpc) is 2.16. The fourth-order valence-corrected chi connectivity index (χ4v) is 1.11. The molecule has 0 aliphatic carbocycles. The summed E-state index contributed by atoms with van der Waals surface area (Å²) in [4.78, 5) is 14.9. The topological polar surface area (TPSA) is 70.5 Å². The zero-order chi connectivity index (χ0) is 11.8. The lowest BCUT2D eigenvalue weighted by Gasteiger charge is -2.07. The van der Waals surface area contributed by atoms with Gasteiger partial charge in [-0.15, -0.1) is 4.99 Å². The first-order valence-corrected chi connectivity index (χ1v) is 5.00. The SMILES string of the molecule is C=[N+](C)C(=NC)NCCCC(N)C(C)=O. The van der Waals surface area contributed by atoms with Crippen LogP contribution in [0.2, 0.25) is 0 Å². The van der Waals surface area contributed by atoms with Gasteiger partial charge in [-0.1, -0.05) is 0 Å². The van der Waals surface area contributed by atoms with E-state index in [-0.39, 0.29) is 11.8 Å². The van der Waals surface area contributed by atoms with E-state index in [4.69, 9.17) is 5.73 Å². The van der Waals surface area contributed by atoms with Crippen molar-refractivity contribution in [2.45, 2.75) is 25.8 Å². The molecule has 0 spiro atoms. The highest BCUT2D eigenvalue weighted by atomic mass is 16.1. The summed E-state index contributed by atoms with van der Waals surface area (Å²) in [6.45, 7) is 5.97. The van der Waals surface area contributed by atoms with Crippen molar-refractivity contribution in [2.75, 3.05) is 20.6 Å². The van der Waals surface area contributed by atoms with Gasteiger partial charge in [-0.2, -0.15) is 0 Å². The summed E-state index contributed by atoms with van der Waals surface area (Å²) >= 11 is 0. The van der Waals surface area contributed by atoms with Crippen molar-refractivity contribution in [2.24, 2.45) is 10.7 Å². The maximum atomic E-state index is 10.8. The van der Waals surface area contributed by atoms with Gasteiger partial charge in [0.05, 0.1) is 26.7 Å². The molecule has 5 nitrogen and oxygen atoms in total. The lowest BCUT2D eigenvalue weighted by atomic mass is 10.1. The molecule has 0 aliphatic rings. The van der Waals surface area contributed by atoms with Gasteiger partial charge in [0.1, 0.15) is 5.78 Å². The van der Waals surface area contributed by atoms with E-state index in [1.54, 1.807) is 11.6 Å². The molecule has 0 fully saturated rings. The van der Waals surface area contributed by atoms with Crippen molar-refractivity contribution in [3.8, 4) is 0 Å². The van der Waals surface area contributed by atoms with E-state index >= 15 is 0 Å². The smallest absolute Gasteiger partial charge is 0.322 e. The van der Waals surface area contributed by atoms with E-state index in [1.165, 1.54) is 6.92 Å². The van der Waals surface area contributed by atoms with E-state index in [9.17, 15) is 4.79 Å². The van der Waals surface area contributed by atoms with Crippen LogP contribution < -0.4 is 11.1 Å². The summed E-state index contributed by atoms with van der Waals surface area (Å²) in [5, 5.41) is 3.11. The van der Waals surface area contributed by atoms with Gasteiger partial charge in [-0.3, -0.25) is 10.1 Å². The number of hydrogen-bond acceptors (Lipinski definition) is 3. The molecule has 0 aromatic heterocycles. The minimum absolute atomic E-state index is 0.0358. The number of nitrogens with two attached hydrogens (primary N) is 1. The van der Waals surface area contributed by atoms with Crippen LogP contribution >= 0.6 is 0 Å². The van der Waals surface area contributed by atoms with E-state index in [0.29, 0.717) is 6.42 Å². The molecular formula is C10H21N4O+. The van der Waals surface area contributed by atoms with Crippen LogP contribution in [0.5, 0.6) is 0 Å². The normalized spacial score (nSPS) is 13.5. The Morgan fingerprint density at radius 2 is 2.27 bits per heavy atom. The highest BCUT2D eigenvalue weighted by Crippen LogP contribution is 1.94. The van der Waals surface area contributed by atoms with Gasteiger partial charge < -0.3 is 5.73 Å². The maximum absolute atomic E-state index is 10.8. The molecular weight excluding hydrogens is 192 g/mol. The number of Topliss-reactive ketones (excluding diaryl/α,β-unsaturated/α-hetero) is 1. The van der Waals surface area contributed by atoms with Gasteiger partial charge >= 0.3 is 5.96 Å². The molecule has 1 atom stereocenters. The molecule has 0 radical (unpaired) electrons. The van der Waals surface area contributed by atoms with Crippen molar-refractivity contribution < 1.29 is 9.37 Å². The zero-order valence-corrected chi connectivity index (χ0v) is 9.79. The Balaban J connectivity index is 3.71. The number of aliphatic imine (C=N–C) groups is 1. The zero-order valence-electron chi connectivity index (χ0n) is 9.79. The molecule has 0 aromatic rings. The summed E-state index contributed by atoms with van der Waals surface area (Å²) in [6.07, 6.45) is 1.54. The lowest BCUT2D eigenvalue weighted by Crippen LogP contribution is -2.34. The van der Waals surface area contributed by atoms with Gasteiger partial charge in [-0.25, -0.2) is 4.58 Å². The van der Waals surface area contributed by atoms with E-state index in [2.05, 4.69) is 17.0 Å². The number of carbonyl (C=O) groups excluding carboxylic acids is 1. The summed E-state index contributed by atoms with van der Waals surface area (Å²) in [5.74, 6) is 0.764. The molecule has 0 saturated carbocycles. The van der Waals surface area contributed by atoms with Crippen molar-refractivity contribution in [1.29, 1.82) is 0 Å². The minimum atomic E-state index is -0.341. The van der Waals surface area contributed by atoms with Gasteiger partial charge in [0.25, 0.3) is 0 Å². The molecule has 0 rings (SSSR count). The molecule has 3 N–H and O–H groups in total. The van der Waals surface area contributed by atoms with Gasteiger partial charge in [0.15, 0.2) is 0 Å². The fraction of sp³-hybridized carbons (Fsp3) is 0.700. The van der Waals surface area contributed by atoms with Crippen molar-refractivity contribution in [3.05, 3.63) is 0 Å². The maximum Gasteiger partial charge on any atom is 0.385 e. The summed E-state index contributed by atoms with van der Waals surface area (Å²) in [5.41, 5.74) is 5.60. The highest BCUT2D eigenvalue weighted by molar-refractivity contribution is 5.81. The van der Waals surface area contributed by atoms with Crippen LogP contribution in [0.15, 0.2) is 4.99 Å². The quantitative estimate of drug-likeness (QED) is 0.282. The number of nitrogens with one attached hydrogen (secondary N) is 1. The van der Waals surface area contributed by atoms with E-state index < -0.39 is 0 Å². The number of hydrogen-bond donors (Lipinski definition) is 2. The largest absolute Gasteiger partial charge is 0.385 e. The Morgan fingerprint density at radius 3 is 2.67 bits per heavy atom. The third kappa shape index (κ3) is 5.96. The summed E-state index contributed by atoms with van der Waals surface area (Å²) in [6, 6.07) is -0.341. The Morgan fingerprint density at radius 1 is 1.67 bits per heavy atom. The Bertz CT molecular complexity index is 260. The molecule has 0 heterocycles. The Hall–Kier alpha value is -1.23. The van der Waals surface area contributed by atoms with E-state index in [0.717, 1.165) is 18.9 Å². The number of nitrogens with zero attached hydrogens (tertiary/aromatic N) is 2. The molecule has 0 aromatic carbocycles. The molecule has 86 valence electrons. The molecule has 0 bridgehead atoms. The summed E-state index contributed by atoms with van der Waals surface area (Å²) in [7, 11) is 3.52. The standard InChI is InChI=1S/C10H21N4O/c1-8(15)9(11)6-5-7-13-10(12-2)14(3)4/h9H,3,5-7,11H2,1-2,4H3,(H,12,13)/q+1. The number of rotatable bonds is 5. The molecule has 0 amide bonds. The fourth-order valence-electron chi connectivity index (χ4n) is 1.11. The molecule has 5 heteroatoms. The monoisotopic (exact) mass is 213 g/mol. The number of carbonyl (C=O) groups is 1. The van der Waals surface area contributed by atoms with Gasteiger partial charge in [-0.05, 0) is 19.8 Å². The van der Waals surface area contributed by atoms with Crippen molar-refractivity contribution in [1.82, 2.24) is 5.32 Å². The van der Waals surface area contributed by atoms with Gasteiger partial charge in [0, 0.05) is 6.72 Å². The van der Waals surface area contributed by atoms with Crippen molar-refractivity contribution >= 4 is 18.5 Å². The first kappa shape index (κ1) is 13.8. The lowest BCUT2D eigenvalue weighted by molar-refractivity contribution is -0.365. The van der Waals surface area contributed by atoms with Crippen LogP contribution in [0, 0.1) is 0 Å². The highest BCUT2D eigenvalue weighted by Gasteiger charge is 2.09. The first-order chi connectivity index (χ1) is 6.99. The number of guanidine groups is 1. The third-order valence-corrected chi connectivity index (χ3v) is 2.07. The molecule has 1 unspecified atom stereocenters. The van der Waals surface area contributed by atoms with Crippen LogP contribution in [0.25, 0.3) is 0 Å². The van der Waals surface area contributed by atoms with Crippen LogP contribution in [-0.4, -0.2) is 49.7 Å². The Kier molecular flexibility index (Phi) is 6.53. The third-order valence-electron chi connectivity index (χ3n) is 2.07. The van der Waals surface area contributed by atoms with Crippen molar-refractivity contribution in [3.63, 3.8) is 0 Å². The van der Waals surface area contributed by atoms with Gasteiger partial charge in [0.2, 0.25) is 0 Å². The molecule has 15 heavy (non-hydrogen) atoms. The second kappa shape index (κ2) is 7.11. The predicted octanol–water partition coefficient (Wildman–Crippen LogP) is -0.399. The minimum Gasteiger partial charge on any atom is -0.322 e. The second-order valence-electron chi connectivity index (χ2n) is 3.53. The molecule has 0 saturated heterocycles. The van der Waals surface area contributed by atoms with Crippen LogP contribution in [0.1, 0.15) is 19.8 Å². The van der Waals surface area contributed by atoms with Crippen LogP contribution in [-0.2, 0) is 4.79 Å². The predicted molar refractivity (Wildman–Crippen MR) is 62.6 cm³/mol.